The minimum atomic E-state index is -4.36. The summed E-state index contributed by atoms with van der Waals surface area (Å²) in [6, 6.07) is 9.85. The summed E-state index contributed by atoms with van der Waals surface area (Å²) >= 11 is 5.63. The molecule has 0 saturated heterocycles. The zero-order valence-electron chi connectivity index (χ0n) is 11.8. The number of methoxy groups -OCH3 is 1. The number of hydrogen-bond acceptors (Lipinski definition) is 3. The molecule has 1 N–H and O–H groups in total. The number of alkyl halides is 3. The van der Waals surface area contributed by atoms with Crippen LogP contribution in [0.15, 0.2) is 47.4 Å². The van der Waals surface area contributed by atoms with Crippen molar-refractivity contribution in [3.8, 4) is 5.75 Å². The van der Waals surface area contributed by atoms with E-state index < -0.39 is 11.4 Å². The van der Waals surface area contributed by atoms with Crippen molar-refractivity contribution < 1.29 is 22.7 Å². The molecule has 122 valence electrons. The normalized spacial score (nSPS) is 11.2. The Morgan fingerprint density at radius 1 is 1.17 bits per heavy atom. The molecule has 0 heterocycles. The van der Waals surface area contributed by atoms with E-state index in [9.17, 15) is 18.0 Å². The van der Waals surface area contributed by atoms with Gasteiger partial charge in [0, 0.05) is 15.5 Å². The van der Waals surface area contributed by atoms with Gasteiger partial charge >= 0.3 is 5.51 Å². The summed E-state index contributed by atoms with van der Waals surface area (Å²) in [7, 11) is 1.45. The third-order valence-electron chi connectivity index (χ3n) is 2.76. The topological polar surface area (TPSA) is 38.3 Å². The van der Waals surface area contributed by atoms with E-state index in [0.717, 1.165) is 0 Å². The van der Waals surface area contributed by atoms with Crippen LogP contribution in [0.4, 0.5) is 18.9 Å². The van der Waals surface area contributed by atoms with Crippen LogP contribution in [0.2, 0.25) is 5.02 Å². The van der Waals surface area contributed by atoms with Gasteiger partial charge in [0.1, 0.15) is 5.75 Å². The van der Waals surface area contributed by atoms with Crippen LogP contribution in [0.5, 0.6) is 5.75 Å². The number of carbonyl (C=O) groups excluding carboxylic acids is 1. The Labute approximate surface area is 139 Å². The summed E-state index contributed by atoms with van der Waals surface area (Å²) in [6.45, 7) is 0. The monoisotopic (exact) mass is 361 g/mol. The van der Waals surface area contributed by atoms with Crippen LogP contribution in [0.1, 0.15) is 10.4 Å². The molecule has 0 bridgehead atoms. The van der Waals surface area contributed by atoms with Crippen molar-refractivity contribution in [2.24, 2.45) is 0 Å². The molecule has 0 unspecified atom stereocenters. The van der Waals surface area contributed by atoms with Crippen molar-refractivity contribution in [3.63, 3.8) is 0 Å². The molecule has 0 atom stereocenters. The maximum Gasteiger partial charge on any atom is 0.446 e. The van der Waals surface area contributed by atoms with Crippen molar-refractivity contribution in [2.75, 3.05) is 12.4 Å². The molecule has 0 aromatic heterocycles. The van der Waals surface area contributed by atoms with Gasteiger partial charge in [0.15, 0.2) is 0 Å². The molecular formula is C15H11ClF3NO2S. The van der Waals surface area contributed by atoms with Gasteiger partial charge in [0.05, 0.1) is 12.8 Å². The molecular weight excluding hydrogens is 351 g/mol. The second-order valence-corrected chi connectivity index (χ2v) is 5.95. The third-order valence-corrected chi connectivity index (χ3v) is 3.73. The van der Waals surface area contributed by atoms with Gasteiger partial charge in [-0.25, -0.2) is 0 Å². The Kier molecular flexibility index (Phi) is 5.43. The van der Waals surface area contributed by atoms with Crippen LogP contribution in [-0.2, 0) is 0 Å². The number of carbonyl (C=O) groups is 1. The van der Waals surface area contributed by atoms with Crippen LogP contribution in [0.25, 0.3) is 0 Å². The van der Waals surface area contributed by atoms with Gasteiger partial charge in [0.2, 0.25) is 0 Å². The molecule has 8 heteroatoms. The molecule has 0 aliphatic rings. The molecule has 0 aliphatic heterocycles. The van der Waals surface area contributed by atoms with E-state index in [1.54, 1.807) is 12.1 Å². The minimum Gasteiger partial charge on any atom is -0.495 e. The number of halogens is 4. The first-order valence-corrected chi connectivity index (χ1v) is 7.48. The highest BCUT2D eigenvalue weighted by atomic mass is 35.5. The number of ether oxygens (including phenoxy) is 1. The van der Waals surface area contributed by atoms with Crippen LogP contribution >= 0.6 is 23.4 Å². The number of hydrogen-bond donors (Lipinski definition) is 1. The summed E-state index contributed by atoms with van der Waals surface area (Å²) in [5.74, 6) is -0.0545. The van der Waals surface area contributed by atoms with E-state index in [1.165, 1.54) is 37.4 Å². The van der Waals surface area contributed by atoms with Crippen molar-refractivity contribution in [1.29, 1.82) is 0 Å². The van der Waals surface area contributed by atoms with E-state index in [1.807, 2.05) is 0 Å². The minimum absolute atomic E-state index is 0.00869. The summed E-state index contributed by atoms with van der Waals surface area (Å²) < 4.78 is 41.9. The number of amides is 1. The quantitative estimate of drug-likeness (QED) is 0.759. The number of anilines is 1. The largest absolute Gasteiger partial charge is 0.495 e. The first kappa shape index (κ1) is 17.5. The Balaban J connectivity index is 2.14. The van der Waals surface area contributed by atoms with Crippen LogP contribution < -0.4 is 10.1 Å². The van der Waals surface area contributed by atoms with Crippen LogP contribution in [-0.4, -0.2) is 18.5 Å². The van der Waals surface area contributed by atoms with Gasteiger partial charge in [-0.05, 0) is 54.2 Å². The lowest BCUT2D eigenvalue weighted by Gasteiger charge is -2.11. The highest BCUT2D eigenvalue weighted by molar-refractivity contribution is 8.00. The van der Waals surface area contributed by atoms with Gasteiger partial charge in [-0.1, -0.05) is 11.6 Å². The summed E-state index contributed by atoms with van der Waals surface area (Å²) in [4.78, 5) is 12.2. The lowest BCUT2D eigenvalue weighted by atomic mass is 10.2. The SMILES string of the molecule is COc1ccc(Cl)cc1NC(=O)c1ccc(SC(F)(F)F)cc1. The van der Waals surface area contributed by atoms with Crippen LogP contribution in [0, 0.1) is 0 Å². The second-order valence-electron chi connectivity index (χ2n) is 4.37. The fraction of sp³-hybridized carbons (Fsp3) is 0.133. The van der Waals surface area contributed by atoms with Crippen LogP contribution in [0.3, 0.4) is 0 Å². The summed E-state index contributed by atoms with van der Waals surface area (Å²) in [5.41, 5.74) is -3.77. The van der Waals surface area contributed by atoms with Gasteiger partial charge in [-0.2, -0.15) is 13.2 Å². The standard InChI is InChI=1S/C15H11ClF3NO2S/c1-22-13-7-4-10(16)8-12(13)20-14(21)9-2-5-11(6-3-9)23-15(17,18)19/h2-8H,1H3,(H,20,21). The first-order chi connectivity index (χ1) is 10.8. The predicted molar refractivity (Wildman–Crippen MR) is 84.3 cm³/mol. The van der Waals surface area contributed by atoms with E-state index in [-0.39, 0.29) is 22.2 Å². The van der Waals surface area contributed by atoms with Crippen molar-refractivity contribution in [3.05, 3.63) is 53.1 Å². The first-order valence-electron chi connectivity index (χ1n) is 6.29. The Morgan fingerprint density at radius 3 is 2.39 bits per heavy atom. The van der Waals surface area contributed by atoms with Gasteiger partial charge < -0.3 is 10.1 Å². The highest BCUT2D eigenvalue weighted by Crippen LogP contribution is 2.36. The maximum atomic E-state index is 12.3. The fourth-order valence-electron chi connectivity index (χ4n) is 1.78. The predicted octanol–water partition coefficient (Wildman–Crippen LogP) is 5.21. The Hall–Kier alpha value is -1.86. The molecule has 2 aromatic rings. The lowest BCUT2D eigenvalue weighted by Crippen LogP contribution is -2.12. The molecule has 0 aliphatic carbocycles. The lowest BCUT2D eigenvalue weighted by molar-refractivity contribution is -0.0328. The van der Waals surface area contributed by atoms with E-state index >= 15 is 0 Å². The van der Waals surface area contributed by atoms with E-state index in [4.69, 9.17) is 16.3 Å². The van der Waals surface area contributed by atoms with E-state index in [0.29, 0.717) is 16.5 Å². The molecule has 0 radical (unpaired) electrons. The molecule has 23 heavy (non-hydrogen) atoms. The van der Waals surface area contributed by atoms with Gasteiger partial charge in [-0.15, -0.1) is 0 Å². The maximum absolute atomic E-state index is 12.3. The Bertz CT molecular complexity index is 705. The molecule has 3 nitrogen and oxygen atoms in total. The fourth-order valence-corrected chi connectivity index (χ4v) is 2.49. The molecule has 0 spiro atoms. The average molecular weight is 362 g/mol. The molecule has 2 aromatic carbocycles. The highest BCUT2D eigenvalue weighted by Gasteiger charge is 2.29. The molecule has 0 saturated carbocycles. The molecule has 2 rings (SSSR count). The zero-order valence-corrected chi connectivity index (χ0v) is 13.4. The summed E-state index contributed by atoms with van der Waals surface area (Å²) in [6.07, 6.45) is 0. The Morgan fingerprint density at radius 2 is 1.83 bits per heavy atom. The number of rotatable bonds is 4. The molecule has 0 fully saturated rings. The number of thioether (sulfide) groups is 1. The van der Waals surface area contributed by atoms with Gasteiger partial charge in [-0.3, -0.25) is 4.79 Å². The number of nitrogens with one attached hydrogen (secondary N) is 1. The van der Waals surface area contributed by atoms with Crippen molar-refractivity contribution >= 4 is 35.0 Å². The average Bonchev–Trinajstić information content (AvgIpc) is 2.46. The smallest absolute Gasteiger partial charge is 0.446 e. The van der Waals surface area contributed by atoms with E-state index in [2.05, 4.69) is 5.32 Å². The second kappa shape index (κ2) is 7.14. The third kappa shape index (κ3) is 5.07. The number of benzene rings is 2. The van der Waals surface area contributed by atoms with Gasteiger partial charge in [0.25, 0.3) is 5.91 Å². The zero-order chi connectivity index (χ0) is 17.0. The van der Waals surface area contributed by atoms with Crippen molar-refractivity contribution in [2.45, 2.75) is 10.4 Å². The molecule has 1 amide bonds. The summed E-state index contributed by atoms with van der Waals surface area (Å²) in [5, 5.41) is 3.02. The van der Waals surface area contributed by atoms with Crippen molar-refractivity contribution in [1.82, 2.24) is 0 Å².